The molecule has 0 radical (unpaired) electrons. The normalized spacial score (nSPS) is 18.2. The molecule has 4 aliphatic carbocycles. The summed E-state index contributed by atoms with van der Waals surface area (Å²) < 4.78 is 2.53. The number of aromatic nitrogens is 1. The van der Waals surface area contributed by atoms with Crippen molar-refractivity contribution < 1.29 is 0 Å². The molecule has 0 saturated heterocycles. The number of fused-ring (bicyclic) bond motifs is 16. The lowest BCUT2D eigenvalue weighted by atomic mass is 9.70. The molecule has 8 aromatic rings. The average molecular weight is 742 g/mol. The summed E-state index contributed by atoms with van der Waals surface area (Å²) in [6, 6.07) is 56.8. The van der Waals surface area contributed by atoms with E-state index in [0.717, 1.165) is 17.8 Å². The van der Waals surface area contributed by atoms with E-state index < -0.39 is 5.41 Å². The molecular formula is C55H39N3. The van der Waals surface area contributed by atoms with E-state index in [9.17, 15) is 0 Å². The van der Waals surface area contributed by atoms with Gasteiger partial charge in [0.1, 0.15) is 5.84 Å². The third-order valence-electron chi connectivity index (χ3n) is 13.9. The molecule has 0 fully saturated rings. The van der Waals surface area contributed by atoms with Crippen molar-refractivity contribution in [2.24, 2.45) is 4.99 Å². The standard InChI is InChI=1S/C55H39N3/c1-54(2)42-25-11-8-22-38(42)50-51(54)56-52(57-53(50)58-47-30-15-10-21-37(47)41-31-33-17-4-3-5-18-34(33)32-48(41)58)40-24-16-29-46-49(40)39-23-9-14-28-45(39)55(46)43-26-12-6-19-35(43)36-20-7-13-27-44(36)55/h3,5-32,53H,4H2,1-2H3,(H,56,57). The Labute approximate surface area is 337 Å². The molecule has 5 aliphatic rings. The van der Waals surface area contributed by atoms with Gasteiger partial charge in [-0.15, -0.1) is 0 Å². The zero-order chi connectivity index (χ0) is 38.3. The predicted molar refractivity (Wildman–Crippen MR) is 239 cm³/mol. The number of aliphatic imine (C=N–C) groups is 1. The summed E-state index contributed by atoms with van der Waals surface area (Å²) >= 11 is 0. The average Bonchev–Trinajstić information content (AvgIpc) is 3.86. The fraction of sp³-hybridized carbons (Fsp3) is 0.109. The number of para-hydroxylation sites is 1. The second-order valence-corrected chi connectivity index (χ2v) is 17.0. The Bertz CT molecular complexity index is 3340. The van der Waals surface area contributed by atoms with E-state index in [0.29, 0.717) is 0 Å². The zero-order valence-corrected chi connectivity index (χ0v) is 32.4. The number of nitrogens with zero attached hydrogens (tertiary/aromatic N) is 2. The van der Waals surface area contributed by atoms with Crippen LogP contribution < -0.4 is 15.8 Å². The minimum atomic E-state index is -0.427. The van der Waals surface area contributed by atoms with Crippen molar-refractivity contribution in [2.75, 3.05) is 0 Å². The predicted octanol–water partition coefficient (Wildman–Crippen LogP) is 10.9. The molecule has 58 heavy (non-hydrogen) atoms. The Kier molecular flexibility index (Phi) is 6.28. The maximum absolute atomic E-state index is 5.97. The molecule has 1 aromatic heterocycles. The van der Waals surface area contributed by atoms with Crippen LogP contribution in [0.3, 0.4) is 0 Å². The molecule has 3 heteroatoms. The molecule has 13 rings (SSSR count). The molecule has 1 aliphatic heterocycles. The lowest BCUT2D eigenvalue weighted by Crippen LogP contribution is -2.37. The van der Waals surface area contributed by atoms with Crippen LogP contribution in [0.5, 0.6) is 0 Å². The van der Waals surface area contributed by atoms with Gasteiger partial charge in [-0.25, -0.2) is 4.99 Å². The highest BCUT2D eigenvalue weighted by Gasteiger charge is 2.53. The van der Waals surface area contributed by atoms with Crippen LogP contribution in [0.15, 0.2) is 175 Å². The lowest BCUT2D eigenvalue weighted by molar-refractivity contribution is 0.592. The van der Waals surface area contributed by atoms with Crippen molar-refractivity contribution in [3.05, 3.63) is 219 Å². The van der Waals surface area contributed by atoms with Crippen LogP contribution in [0.1, 0.15) is 65.4 Å². The molecule has 0 saturated carbocycles. The van der Waals surface area contributed by atoms with Crippen molar-refractivity contribution in [1.82, 2.24) is 9.88 Å². The fourth-order valence-corrected chi connectivity index (χ4v) is 11.5. The monoisotopic (exact) mass is 741 g/mol. The maximum atomic E-state index is 5.97. The third kappa shape index (κ3) is 3.91. The molecule has 274 valence electrons. The molecule has 1 atom stereocenters. The molecular weight excluding hydrogens is 703 g/mol. The molecule has 7 aromatic carbocycles. The first-order chi connectivity index (χ1) is 28.5. The van der Waals surface area contributed by atoms with Gasteiger partial charge in [0.2, 0.25) is 0 Å². The first kappa shape index (κ1) is 32.2. The Morgan fingerprint density at radius 2 is 1.19 bits per heavy atom. The van der Waals surface area contributed by atoms with Gasteiger partial charge in [-0.3, -0.25) is 0 Å². The van der Waals surface area contributed by atoms with Gasteiger partial charge >= 0.3 is 0 Å². The van der Waals surface area contributed by atoms with E-state index in [1.165, 1.54) is 99.1 Å². The van der Waals surface area contributed by atoms with Gasteiger partial charge in [0, 0.05) is 33.0 Å². The summed E-state index contributed by atoms with van der Waals surface area (Å²) in [5, 5.41) is 9.13. The first-order valence-corrected chi connectivity index (χ1v) is 20.6. The van der Waals surface area contributed by atoms with Crippen LogP contribution in [0.4, 0.5) is 0 Å². The number of amidine groups is 1. The van der Waals surface area contributed by atoms with Crippen molar-refractivity contribution in [1.29, 1.82) is 0 Å². The van der Waals surface area contributed by atoms with Crippen molar-refractivity contribution in [3.8, 4) is 22.3 Å². The number of hydrogen-bond acceptors (Lipinski definition) is 2. The quantitative estimate of drug-likeness (QED) is 0.188. The molecule has 1 spiro atoms. The van der Waals surface area contributed by atoms with Crippen LogP contribution >= 0.6 is 0 Å². The van der Waals surface area contributed by atoms with E-state index in [-0.39, 0.29) is 11.6 Å². The van der Waals surface area contributed by atoms with Crippen molar-refractivity contribution >= 4 is 45.4 Å². The zero-order valence-electron chi connectivity index (χ0n) is 32.4. The highest BCUT2D eigenvalue weighted by molar-refractivity contribution is 6.13. The summed E-state index contributed by atoms with van der Waals surface area (Å²) in [5.41, 5.74) is 18.4. The summed E-state index contributed by atoms with van der Waals surface area (Å²) in [7, 11) is 0. The summed E-state index contributed by atoms with van der Waals surface area (Å²) in [6.07, 6.45) is 9.66. The Morgan fingerprint density at radius 3 is 1.97 bits per heavy atom. The maximum Gasteiger partial charge on any atom is 0.156 e. The fourth-order valence-electron chi connectivity index (χ4n) is 11.5. The lowest BCUT2D eigenvalue weighted by Gasteiger charge is -2.33. The Hall–Kier alpha value is -6.97. The van der Waals surface area contributed by atoms with Gasteiger partial charge in [0.25, 0.3) is 0 Å². The van der Waals surface area contributed by atoms with Crippen LogP contribution in [-0.2, 0) is 10.8 Å². The van der Waals surface area contributed by atoms with E-state index in [1.54, 1.807) is 0 Å². The van der Waals surface area contributed by atoms with Gasteiger partial charge < -0.3 is 9.88 Å². The van der Waals surface area contributed by atoms with Crippen LogP contribution in [-0.4, -0.2) is 10.4 Å². The Morgan fingerprint density at radius 1 is 0.569 bits per heavy atom. The van der Waals surface area contributed by atoms with Gasteiger partial charge in [0.15, 0.2) is 6.17 Å². The molecule has 2 heterocycles. The van der Waals surface area contributed by atoms with Crippen LogP contribution in [0.25, 0.3) is 61.8 Å². The second-order valence-electron chi connectivity index (χ2n) is 17.0. The molecule has 0 amide bonds. The summed E-state index contributed by atoms with van der Waals surface area (Å²) in [4.78, 5) is 5.97. The minimum absolute atomic E-state index is 0.269. The Balaban J connectivity index is 1.12. The molecule has 0 bridgehead atoms. The van der Waals surface area contributed by atoms with E-state index >= 15 is 0 Å². The van der Waals surface area contributed by atoms with Gasteiger partial charge in [-0.1, -0.05) is 172 Å². The van der Waals surface area contributed by atoms with Crippen LogP contribution in [0.2, 0.25) is 0 Å². The topological polar surface area (TPSA) is 29.3 Å². The SMILES string of the molecule is CC1(C)C2=C(c3ccccc31)C(n1c3ccccc3c3cc4c(cc31)=CC=CCC=4)N=C(c1cccc3c1-c1ccccc1C31c3ccccc3-c3ccccc31)N2. The first-order valence-electron chi connectivity index (χ1n) is 20.6. The second kappa shape index (κ2) is 11.3. The number of benzene rings is 7. The molecule has 1 N–H and O–H groups in total. The van der Waals surface area contributed by atoms with Gasteiger partial charge in [-0.2, -0.15) is 0 Å². The minimum Gasteiger partial charge on any atom is -0.342 e. The van der Waals surface area contributed by atoms with E-state index in [1.807, 2.05) is 0 Å². The highest BCUT2D eigenvalue weighted by atomic mass is 15.2. The molecule has 1 unspecified atom stereocenters. The highest BCUT2D eigenvalue weighted by Crippen LogP contribution is 2.63. The summed E-state index contributed by atoms with van der Waals surface area (Å²) in [5.74, 6) is 0.913. The number of hydrogen-bond donors (Lipinski definition) is 1. The number of allylic oxidation sites excluding steroid dienone is 3. The largest absolute Gasteiger partial charge is 0.342 e. The van der Waals surface area contributed by atoms with Crippen molar-refractivity contribution in [2.45, 2.75) is 37.3 Å². The summed E-state index contributed by atoms with van der Waals surface area (Å²) in [6.45, 7) is 4.74. The van der Waals surface area contributed by atoms with Gasteiger partial charge in [-0.05, 0) is 90.7 Å². The number of nitrogens with one attached hydrogen (secondary N) is 1. The van der Waals surface area contributed by atoms with E-state index in [2.05, 4.69) is 200 Å². The van der Waals surface area contributed by atoms with E-state index in [4.69, 9.17) is 4.99 Å². The van der Waals surface area contributed by atoms with Crippen molar-refractivity contribution in [3.63, 3.8) is 0 Å². The van der Waals surface area contributed by atoms with Gasteiger partial charge in [0.05, 0.1) is 16.4 Å². The molecule has 3 nitrogen and oxygen atoms in total. The smallest absolute Gasteiger partial charge is 0.156 e. The van der Waals surface area contributed by atoms with Crippen LogP contribution in [0, 0.1) is 0 Å². The number of rotatable bonds is 2. The third-order valence-corrected chi connectivity index (χ3v) is 13.9.